The van der Waals surface area contributed by atoms with Crippen LogP contribution in [0.1, 0.15) is 24.8 Å². The molecule has 0 saturated carbocycles. The molecule has 1 aromatic rings. The zero-order valence-corrected chi connectivity index (χ0v) is 10.5. The number of hydrogen-bond acceptors (Lipinski definition) is 2. The lowest BCUT2D eigenvalue weighted by Gasteiger charge is -2.06. The summed E-state index contributed by atoms with van der Waals surface area (Å²) in [5.41, 5.74) is 0.309. The van der Waals surface area contributed by atoms with Gasteiger partial charge in [-0.1, -0.05) is 15.9 Å². The van der Waals surface area contributed by atoms with Crippen molar-refractivity contribution in [2.75, 3.05) is 11.9 Å². The van der Waals surface area contributed by atoms with Crippen LogP contribution in [0.15, 0.2) is 18.2 Å². The largest absolute Gasteiger partial charge is 0.491 e. The summed E-state index contributed by atoms with van der Waals surface area (Å²) in [5.74, 6) is -0.252. The van der Waals surface area contributed by atoms with E-state index in [1.54, 1.807) is 6.07 Å². The van der Waals surface area contributed by atoms with E-state index >= 15 is 0 Å². The number of nitrogens with zero attached hydrogens (tertiary/aromatic N) is 1. The first kappa shape index (κ1) is 13.0. The van der Waals surface area contributed by atoms with Crippen molar-refractivity contribution < 1.29 is 9.13 Å². The Balaban J connectivity index is 2.40. The van der Waals surface area contributed by atoms with Gasteiger partial charge in [0.1, 0.15) is 0 Å². The van der Waals surface area contributed by atoms with Crippen molar-refractivity contribution in [3.05, 3.63) is 29.6 Å². The molecular weight excluding hydrogens is 273 g/mol. The number of ether oxygens (including phenoxy) is 1. The number of hydrogen-bond donors (Lipinski definition) is 0. The molecule has 1 aromatic carbocycles. The van der Waals surface area contributed by atoms with E-state index in [0.717, 1.165) is 24.6 Å². The van der Waals surface area contributed by atoms with Gasteiger partial charge in [0.15, 0.2) is 11.6 Å². The maximum atomic E-state index is 13.3. The van der Waals surface area contributed by atoms with Crippen LogP contribution >= 0.6 is 15.9 Å². The number of benzene rings is 1. The minimum atomic E-state index is -0.473. The molecule has 16 heavy (non-hydrogen) atoms. The molecule has 0 saturated heterocycles. The molecule has 1 rings (SSSR count). The summed E-state index contributed by atoms with van der Waals surface area (Å²) < 4.78 is 18.6. The Morgan fingerprint density at radius 2 is 2.12 bits per heavy atom. The van der Waals surface area contributed by atoms with E-state index in [1.165, 1.54) is 12.1 Å². The highest BCUT2D eigenvalue weighted by Gasteiger charge is 2.03. The average molecular weight is 286 g/mol. The summed E-state index contributed by atoms with van der Waals surface area (Å²) in [6, 6.07) is 6.12. The Labute approximate surface area is 103 Å². The van der Waals surface area contributed by atoms with Crippen molar-refractivity contribution in [1.29, 1.82) is 5.26 Å². The lowest BCUT2D eigenvalue weighted by Crippen LogP contribution is -1.99. The Morgan fingerprint density at radius 3 is 2.75 bits per heavy atom. The fourth-order valence-corrected chi connectivity index (χ4v) is 1.64. The fraction of sp³-hybridized carbons (Fsp3) is 0.417. The van der Waals surface area contributed by atoms with E-state index in [4.69, 9.17) is 10.00 Å². The van der Waals surface area contributed by atoms with Gasteiger partial charge in [-0.2, -0.15) is 5.26 Å². The lowest BCUT2D eigenvalue weighted by atomic mass is 10.2. The zero-order valence-electron chi connectivity index (χ0n) is 8.88. The second-order valence-corrected chi connectivity index (χ2v) is 4.15. The monoisotopic (exact) mass is 285 g/mol. The van der Waals surface area contributed by atoms with E-state index in [2.05, 4.69) is 15.9 Å². The highest BCUT2D eigenvalue weighted by atomic mass is 79.9. The predicted octanol–water partition coefficient (Wildman–Crippen LogP) is 3.64. The molecule has 0 amide bonds. The van der Waals surface area contributed by atoms with Gasteiger partial charge >= 0.3 is 0 Å². The predicted molar refractivity (Wildman–Crippen MR) is 64.3 cm³/mol. The maximum absolute atomic E-state index is 13.3. The van der Waals surface area contributed by atoms with Crippen LogP contribution < -0.4 is 4.74 Å². The summed E-state index contributed by atoms with van der Waals surface area (Å²) >= 11 is 3.34. The summed E-state index contributed by atoms with van der Waals surface area (Å²) in [7, 11) is 0. The molecule has 0 bridgehead atoms. The van der Waals surface area contributed by atoms with Crippen molar-refractivity contribution in [3.8, 4) is 11.8 Å². The number of alkyl halides is 1. The van der Waals surface area contributed by atoms with E-state index in [0.29, 0.717) is 12.2 Å². The van der Waals surface area contributed by atoms with Crippen molar-refractivity contribution in [3.63, 3.8) is 0 Å². The first-order valence-corrected chi connectivity index (χ1v) is 6.28. The highest BCUT2D eigenvalue weighted by molar-refractivity contribution is 9.09. The molecule has 0 aliphatic heterocycles. The topological polar surface area (TPSA) is 33.0 Å². The molecule has 0 N–H and O–H groups in total. The summed E-state index contributed by atoms with van der Waals surface area (Å²) in [6.07, 6.45) is 3.06. The molecule has 0 radical (unpaired) electrons. The van der Waals surface area contributed by atoms with Gasteiger partial charge in [-0.3, -0.25) is 0 Å². The van der Waals surface area contributed by atoms with Crippen molar-refractivity contribution in [2.45, 2.75) is 19.3 Å². The van der Waals surface area contributed by atoms with E-state index in [1.807, 2.05) is 6.07 Å². The van der Waals surface area contributed by atoms with Crippen LogP contribution in [-0.4, -0.2) is 11.9 Å². The third-order valence-electron chi connectivity index (χ3n) is 2.10. The molecular formula is C12H13BrFNO. The van der Waals surface area contributed by atoms with Gasteiger partial charge in [0.05, 0.1) is 18.2 Å². The van der Waals surface area contributed by atoms with Gasteiger partial charge in [-0.15, -0.1) is 0 Å². The van der Waals surface area contributed by atoms with Crippen LogP contribution in [0.25, 0.3) is 0 Å². The SMILES string of the molecule is N#Cc1ccc(OCCCCCBr)c(F)c1. The number of rotatable bonds is 6. The van der Waals surface area contributed by atoms with Crippen molar-refractivity contribution in [1.82, 2.24) is 0 Å². The normalized spacial score (nSPS) is 9.81. The quantitative estimate of drug-likeness (QED) is 0.591. The van der Waals surface area contributed by atoms with E-state index in [9.17, 15) is 4.39 Å². The average Bonchev–Trinajstić information content (AvgIpc) is 2.30. The second kappa shape index (κ2) is 7.24. The number of unbranched alkanes of at least 4 members (excludes halogenated alkanes) is 2. The fourth-order valence-electron chi connectivity index (χ4n) is 1.24. The standard InChI is InChI=1S/C12H13BrFNO/c13-6-2-1-3-7-16-12-5-4-10(9-15)8-11(12)14/h4-5,8H,1-3,6-7H2. The molecule has 0 aromatic heterocycles. The maximum Gasteiger partial charge on any atom is 0.166 e. The molecule has 0 unspecified atom stereocenters. The molecule has 0 atom stereocenters. The third-order valence-corrected chi connectivity index (χ3v) is 2.66. The number of halogens is 2. The minimum Gasteiger partial charge on any atom is -0.491 e. The van der Waals surface area contributed by atoms with Crippen LogP contribution in [0.2, 0.25) is 0 Å². The Hall–Kier alpha value is -1.08. The summed E-state index contributed by atoms with van der Waals surface area (Å²) in [5, 5.41) is 9.55. The van der Waals surface area contributed by atoms with Gasteiger partial charge in [0, 0.05) is 5.33 Å². The van der Waals surface area contributed by atoms with Gasteiger partial charge in [-0.25, -0.2) is 4.39 Å². The Kier molecular flexibility index (Phi) is 5.87. The van der Waals surface area contributed by atoms with Gasteiger partial charge in [-0.05, 0) is 37.5 Å². The van der Waals surface area contributed by atoms with Gasteiger partial charge in [0.2, 0.25) is 0 Å². The van der Waals surface area contributed by atoms with Crippen molar-refractivity contribution in [2.24, 2.45) is 0 Å². The van der Waals surface area contributed by atoms with Crippen LogP contribution in [0.5, 0.6) is 5.75 Å². The molecule has 0 spiro atoms. The summed E-state index contributed by atoms with van der Waals surface area (Å²) in [4.78, 5) is 0. The Bertz CT molecular complexity index is 376. The first-order valence-electron chi connectivity index (χ1n) is 5.16. The molecule has 0 fully saturated rings. The molecule has 0 aliphatic carbocycles. The van der Waals surface area contributed by atoms with E-state index < -0.39 is 5.82 Å². The molecule has 2 nitrogen and oxygen atoms in total. The highest BCUT2D eigenvalue weighted by Crippen LogP contribution is 2.18. The smallest absolute Gasteiger partial charge is 0.166 e. The van der Waals surface area contributed by atoms with Crippen LogP contribution in [-0.2, 0) is 0 Å². The van der Waals surface area contributed by atoms with Gasteiger partial charge < -0.3 is 4.74 Å². The van der Waals surface area contributed by atoms with Crippen LogP contribution in [0.4, 0.5) is 4.39 Å². The third kappa shape index (κ3) is 4.19. The first-order chi connectivity index (χ1) is 7.77. The minimum absolute atomic E-state index is 0.220. The second-order valence-electron chi connectivity index (χ2n) is 3.36. The summed E-state index contributed by atoms with van der Waals surface area (Å²) in [6.45, 7) is 0.510. The molecule has 4 heteroatoms. The van der Waals surface area contributed by atoms with Crippen LogP contribution in [0.3, 0.4) is 0 Å². The van der Waals surface area contributed by atoms with Gasteiger partial charge in [0.25, 0.3) is 0 Å². The van der Waals surface area contributed by atoms with Crippen LogP contribution in [0, 0.1) is 17.1 Å². The molecule has 86 valence electrons. The molecule has 0 heterocycles. The number of nitriles is 1. The zero-order chi connectivity index (χ0) is 11.8. The lowest BCUT2D eigenvalue weighted by molar-refractivity contribution is 0.292. The Morgan fingerprint density at radius 1 is 1.31 bits per heavy atom. The molecule has 0 aliphatic rings. The van der Waals surface area contributed by atoms with Crippen molar-refractivity contribution >= 4 is 15.9 Å². The van der Waals surface area contributed by atoms with E-state index in [-0.39, 0.29) is 5.75 Å².